The van der Waals surface area contributed by atoms with Crippen LogP contribution in [-0.4, -0.2) is 23.3 Å². The van der Waals surface area contributed by atoms with Gasteiger partial charge in [-0.2, -0.15) is 0 Å². The highest BCUT2D eigenvalue weighted by Crippen LogP contribution is 1.96. The zero-order valence-electron chi connectivity index (χ0n) is 8.79. The first-order valence-corrected chi connectivity index (χ1v) is 5.47. The first-order chi connectivity index (χ1) is 5.97. The second-order valence-corrected chi connectivity index (χ2v) is 3.83. The zero-order valence-corrected chi connectivity index (χ0v) is 9.94. The number of carbonyl (C=O) groups is 1. The molecule has 0 aromatic heterocycles. The minimum absolute atomic E-state index is 0.0208. The number of unbranched alkanes of at least 4 members (excludes halogenated alkanes) is 1. The summed E-state index contributed by atoms with van der Waals surface area (Å²) in [5, 5.41) is 8.23. The molecule has 3 N–H and O–H groups in total. The molecule has 0 rings (SSSR count). The average Bonchev–Trinajstić information content (AvgIpc) is 2.05. The van der Waals surface area contributed by atoms with Gasteiger partial charge in [0.25, 0.3) is 0 Å². The van der Waals surface area contributed by atoms with Crippen molar-refractivity contribution in [2.75, 3.05) is 6.16 Å². The largest absolute Gasteiger partial charge is 0.480 e. The number of hydrogen-bond donors (Lipinski definition) is 2. The first-order valence-electron chi connectivity index (χ1n) is 4.65. The lowest BCUT2D eigenvalue weighted by Gasteiger charge is -2.07. The Morgan fingerprint density at radius 1 is 1.54 bits per heavy atom. The molecule has 0 aromatic rings. The minimum atomic E-state index is -0.931. The summed E-state index contributed by atoms with van der Waals surface area (Å²) in [6.07, 6.45) is 3.94. The molecular weight excluding hydrogens is 185 g/mol. The molecule has 0 radical (unpaired) electrons. The van der Waals surface area contributed by atoms with Crippen molar-refractivity contribution in [3.05, 3.63) is 0 Å². The summed E-state index contributed by atoms with van der Waals surface area (Å²) < 4.78 is 0. The Balaban J connectivity index is 0. The van der Waals surface area contributed by atoms with E-state index in [4.69, 9.17) is 10.8 Å². The molecule has 0 aliphatic heterocycles. The number of hydrogen-bond acceptors (Lipinski definition) is 2. The van der Waals surface area contributed by atoms with Crippen LogP contribution in [0, 0.1) is 5.92 Å². The molecule has 80 valence electrons. The molecule has 3 nitrogen and oxygen atoms in total. The molecule has 0 spiro atoms. The lowest BCUT2D eigenvalue weighted by Crippen LogP contribution is -2.34. The van der Waals surface area contributed by atoms with Crippen LogP contribution in [-0.2, 0) is 4.79 Å². The summed E-state index contributed by atoms with van der Waals surface area (Å²) in [4.78, 5) is 10.0. The molecular formula is C9H22NO2P. The van der Waals surface area contributed by atoms with Crippen molar-refractivity contribution in [1.29, 1.82) is 0 Å². The molecule has 0 saturated heterocycles. The van der Waals surface area contributed by atoms with E-state index in [0.717, 1.165) is 0 Å². The fourth-order valence-electron chi connectivity index (χ4n) is 0.489. The quantitative estimate of drug-likeness (QED) is 0.690. The van der Waals surface area contributed by atoms with Gasteiger partial charge in [-0.1, -0.05) is 33.6 Å². The molecule has 4 heteroatoms. The second kappa shape index (κ2) is 9.94. The van der Waals surface area contributed by atoms with Crippen LogP contribution in [0.25, 0.3) is 0 Å². The van der Waals surface area contributed by atoms with E-state index in [2.05, 4.69) is 16.2 Å². The molecule has 0 fully saturated rings. The van der Waals surface area contributed by atoms with Crippen molar-refractivity contribution in [3.8, 4) is 0 Å². The van der Waals surface area contributed by atoms with Gasteiger partial charge in [-0.3, -0.25) is 4.79 Å². The van der Waals surface area contributed by atoms with E-state index >= 15 is 0 Å². The van der Waals surface area contributed by atoms with Crippen LogP contribution in [0.4, 0.5) is 0 Å². The maximum atomic E-state index is 10.0. The highest BCUT2D eigenvalue weighted by molar-refractivity contribution is 7.16. The van der Waals surface area contributed by atoms with E-state index in [-0.39, 0.29) is 5.92 Å². The van der Waals surface area contributed by atoms with Gasteiger partial charge in [0.2, 0.25) is 0 Å². The summed E-state index contributed by atoms with van der Waals surface area (Å²) in [7, 11) is 2.70. The van der Waals surface area contributed by atoms with Gasteiger partial charge in [0.1, 0.15) is 6.04 Å². The Hall–Kier alpha value is -0.140. The van der Waals surface area contributed by atoms with Crippen LogP contribution >= 0.6 is 9.24 Å². The second-order valence-electron chi connectivity index (χ2n) is 3.25. The summed E-state index contributed by atoms with van der Waals surface area (Å²) in [5.41, 5.74) is 5.16. The third-order valence-corrected chi connectivity index (χ3v) is 1.97. The summed E-state index contributed by atoms with van der Waals surface area (Å²) in [6, 6.07) is -0.713. The summed E-state index contributed by atoms with van der Waals surface area (Å²) >= 11 is 0. The Morgan fingerprint density at radius 3 is 2.00 bits per heavy atom. The van der Waals surface area contributed by atoms with Crippen LogP contribution in [0.1, 0.15) is 33.6 Å². The average molecular weight is 207 g/mol. The maximum absolute atomic E-state index is 10.0. The number of carboxylic acids is 1. The molecule has 2 atom stereocenters. The minimum Gasteiger partial charge on any atom is -0.480 e. The highest BCUT2D eigenvalue weighted by Gasteiger charge is 2.14. The van der Waals surface area contributed by atoms with Crippen molar-refractivity contribution < 1.29 is 9.90 Å². The lowest BCUT2D eigenvalue weighted by molar-refractivity contribution is -0.139. The smallest absolute Gasteiger partial charge is 0.320 e. The van der Waals surface area contributed by atoms with Crippen LogP contribution in [0.3, 0.4) is 0 Å². The summed E-state index contributed by atoms with van der Waals surface area (Å²) in [6.45, 7) is 5.75. The monoisotopic (exact) mass is 207 g/mol. The van der Waals surface area contributed by atoms with E-state index in [1.165, 1.54) is 19.0 Å². The van der Waals surface area contributed by atoms with Crippen LogP contribution in [0.5, 0.6) is 0 Å². The van der Waals surface area contributed by atoms with E-state index in [9.17, 15) is 4.79 Å². The van der Waals surface area contributed by atoms with Gasteiger partial charge in [-0.05, 0) is 12.1 Å². The molecule has 0 heterocycles. The van der Waals surface area contributed by atoms with E-state index in [1.807, 2.05) is 0 Å². The normalized spacial score (nSPS) is 11.8. The third kappa shape index (κ3) is 11.9. The number of carboxylic acid groups (broad SMARTS) is 1. The topological polar surface area (TPSA) is 63.3 Å². The molecule has 0 saturated carbocycles. The molecule has 2 unspecified atom stereocenters. The van der Waals surface area contributed by atoms with E-state index < -0.39 is 12.0 Å². The van der Waals surface area contributed by atoms with Crippen molar-refractivity contribution in [2.45, 2.75) is 39.7 Å². The molecule has 0 bridgehead atoms. The van der Waals surface area contributed by atoms with Gasteiger partial charge in [-0.25, -0.2) is 0 Å². The molecule has 0 aromatic carbocycles. The van der Waals surface area contributed by atoms with Gasteiger partial charge in [0.05, 0.1) is 0 Å². The number of aliphatic carboxylic acids is 1. The predicted molar refractivity (Wildman–Crippen MR) is 59.9 cm³/mol. The summed E-state index contributed by atoms with van der Waals surface area (Å²) in [5.74, 6) is -0.910. The highest BCUT2D eigenvalue weighted by atomic mass is 31.0. The zero-order chi connectivity index (χ0) is 10.9. The van der Waals surface area contributed by atoms with Crippen molar-refractivity contribution >= 4 is 15.2 Å². The predicted octanol–water partition coefficient (Wildman–Crippen LogP) is 1.72. The molecule has 13 heavy (non-hydrogen) atoms. The van der Waals surface area contributed by atoms with Crippen LogP contribution in [0.2, 0.25) is 0 Å². The maximum Gasteiger partial charge on any atom is 0.320 e. The Kier molecular flexibility index (Phi) is 11.7. The van der Waals surface area contributed by atoms with Gasteiger partial charge in [0, 0.05) is 0 Å². The molecule has 0 amide bonds. The van der Waals surface area contributed by atoms with Gasteiger partial charge in [0.15, 0.2) is 0 Å². The lowest BCUT2D eigenvalue weighted by atomic mass is 10.1. The Labute approximate surface area is 83.3 Å². The number of rotatable bonds is 4. The number of nitrogens with two attached hydrogens (primary N) is 1. The van der Waals surface area contributed by atoms with Crippen molar-refractivity contribution in [1.82, 2.24) is 0 Å². The van der Waals surface area contributed by atoms with Crippen molar-refractivity contribution in [2.24, 2.45) is 11.7 Å². The Bertz CT molecular complexity index is 127. The van der Waals surface area contributed by atoms with Gasteiger partial charge < -0.3 is 10.8 Å². The standard InChI is InChI=1S/C5H11NO2.C4H11P/c1-3(2)4(6)5(7)8;1-2-3-4-5/h3-4H,6H2,1-2H3,(H,7,8);2-5H2,1H3. The Morgan fingerprint density at radius 2 is 2.00 bits per heavy atom. The van der Waals surface area contributed by atoms with E-state index in [1.54, 1.807) is 13.8 Å². The SMILES string of the molecule is CC(C)C(N)C(=O)O.CCCCP. The van der Waals surface area contributed by atoms with E-state index in [0.29, 0.717) is 0 Å². The first kappa shape index (κ1) is 15.3. The van der Waals surface area contributed by atoms with Crippen LogP contribution in [0.15, 0.2) is 0 Å². The molecule has 0 aliphatic rings. The van der Waals surface area contributed by atoms with Crippen molar-refractivity contribution in [3.63, 3.8) is 0 Å². The van der Waals surface area contributed by atoms with Gasteiger partial charge in [-0.15, -0.1) is 9.24 Å². The fraction of sp³-hybridized carbons (Fsp3) is 0.889. The molecule has 0 aliphatic carbocycles. The van der Waals surface area contributed by atoms with Crippen LogP contribution < -0.4 is 5.73 Å². The third-order valence-electron chi connectivity index (χ3n) is 1.56. The van der Waals surface area contributed by atoms with Gasteiger partial charge >= 0.3 is 5.97 Å². The fourth-order valence-corrected chi connectivity index (χ4v) is 0.898.